The minimum Gasteiger partial charge on any atom is -0.357 e. The maximum atomic E-state index is 12.2. The molecule has 122 valence electrons. The SMILES string of the molecule is C[C@@H](Sc1nncs1)C(=O)NCc1ccnc(N2CCCC2)c1. The number of hydrogen-bond donors (Lipinski definition) is 1. The van der Waals surface area contributed by atoms with Crippen LogP contribution in [0.15, 0.2) is 28.2 Å². The predicted octanol–water partition coefficient (Wildman–Crippen LogP) is 2.33. The molecule has 1 saturated heterocycles. The van der Waals surface area contributed by atoms with Gasteiger partial charge in [0.15, 0.2) is 4.34 Å². The summed E-state index contributed by atoms with van der Waals surface area (Å²) in [6.45, 7) is 4.53. The van der Waals surface area contributed by atoms with Gasteiger partial charge in [0.05, 0.1) is 5.25 Å². The van der Waals surface area contributed by atoms with Crippen molar-refractivity contribution in [1.29, 1.82) is 0 Å². The zero-order valence-electron chi connectivity index (χ0n) is 12.9. The number of amides is 1. The molecule has 0 aliphatic carbocycles. The number of hydrogen-bond acceptors (Lipinski definition) is 7. The summed E-state index contributed by atoms with van der Waals surface area (Å²) >= 11 is 2.88. The van der Waals surface area contributed by atoms with Crippen LogP contribution in [0, 0.1) is 0 Å². The molecule has 23 heavy (non-hydrogen) atoms. The van der Waals surface area contributed by atoms with E-state index in [9.17, 15) is 4.79 Å². The Hall–Kier alpha value is -1.67. The van der Waals surface area contributed by atoms with Crippen molar-refractivity contribution in [3.8, 4) is 0 Å². The van der Waals surface area contributed by atoms with Gasteiger partial charge in [0.1, 0.15) is 11.3 Å². The third-order valence-electron chi connectivity index (χ3n) is 3.69. The van der Waals surface area contributed by atoms with Crippen LogP contribution in [-0.4, -0.2) is 39.4 Å². The molecule has 3 heterocycles. The highest BCUT2D eigenvalue weighted by Gasteiger charge is 2.17. The van der Waals surface area contributed by atoms with Crippen molar-refractivity contribution in [2.45, 2.75) is 35.9 Å². The molecule has 2 aromatic heterocycles. The lowest BCUT2D eigenvalue weighted by atomic mass is 10.2. The lowest BCUT2D eigenvalue weighted by Crippen LogP contribution is -2.30. The summed E-state index contributed by atoms with van der Waals surface area (Å²) in [6, 6.07) is 4.01. The van der Waals surface area contributed by atoms with Gasteiger partial charge in [-0.25, -0.2) is 4.98 Å². The van der Waals surface area contributed by atoms with Crippen LogP contribution in [-0.2, 0) is 11.3 Å². The molecule has 0 aromatic carbocycles. The van der Waals surface area contributed by atoms with E-state index < -0.39 is 0 Å². The van der Waals surface area contributed by atoms with Crippen LogP contribution in [0.4, 0.5) is 5.82 Å². The summed E-state index contributed by atoms with van der Waals surface area (Å²) in [7, 11) is 0. The van der Waals surface area contributed by atoms with Crippen LogP contribution in [0.1, 0.15) is 25.3 Å². The van der Waals surface area contributed by atoms with Gasteiger partial charge in [-0.15, -0.1) is 10.2 Å². The summed E-state index contributed by atoms with van der Waals surface area (Å²) < 4.78 is 0.813. The molecule has 0 spiro atoms. The highest BCUT2D eigenvalue weighted by Crippen LogP contribution is 2.24. The summed E-state index contributed by atoms with van der Waals surface area (Å²) in [5.74, 6) is 1.01. The average Bonchev–Trinajstić information content (AvgIpc) is 3.26. The quantitative estimate of drug-likeness (QED) is 0.807. The van der Waals surface area contributed by atoms with E-state index in [4.69, 9.17) is 0 Å². The molecule has 3 rings (SSSR count). The van der Waals surface area contributed by atoms with Gasteiger partial charge in [-0.3, -0.25) is 4.79 Å². The number of thioether (sulfide) groups is 1. The van der Waals surface area contributed by atoms with Crippen molar-refractivity contribution < 1.29 is 4.79 Å². The maximum Gasteiger partial charge on any atom is 0.233 e. The number of aromatic nitrogens is 3. The largest absolute Gasteiger partial charge is 0.357 e. The number of carbonyl (C=O) groups excluding carboxylic acids is 1. The number of anilines is 1. The molecule has 0 unspecified atom stereocenters. The fourth-order valence-corrected chi connectivity index (χ4v) is 4.09. The van der Waals surface area contributed by atoms with Crippen molar-refractivity contribution in [3.63, 3.8) is 0 Å². The van der Waals surface area contributed by atoms with Crippen molar-refractivity contribution in [2.75, 3.05) is 18.0 Å². The van der Waals surface area contributed by atoms with Crippen LogP contribution in [0.3, 0.4) is 0 Å². The smallest absolute Gasteiger partial charge is 0.233 e. The Morgan fingerprint density at radius 3 is 3.04 bits per heavy atom. The molecule has 1 fully saturated rings. The summed E-state index contributed by atoms with van der Waals surface area (Å²) in [6.07, 6.45) is 4.26. The molecule has 6 nitrogen and oxygen atoms in total. The van der Waals surface area contributed by atoms with E-state index in [1.165, 1.54) is 35.9 Å². The van der Waals surface area contributed by atoms with Gasteiger partial charge in [0.25, 0.3) is 0 Å². The highest BCUT2D eigenvalue weighted by molar-refractivity contribution is 8.02. The Kier molecular flexibility index (Phi) is 5.45. The average molecular weight is 349 g/mol. The van der Waals surface area contributed by atoms with Crippen molar-refractivity contribution in [1.82, 2.24) is 20.5 Å². The fourth-order valence-electron chi connectivity index (χ4n) is 2.44. The minimum absolute atomic E-state index is 0.00438. The van der Waals surface area contributed by atoms with Gasteiger partial charge in [-0.1, -0.05) is 23.1 Å². The van der Waals surface area contributed by atoms with E-state index in [-0.39, 0.29) is 11.2 Å². The molecular weight excluding hydrogens is 330 g/mol. The number of nitrogens with one attached hydrogen (secondary N) is 1. The normalized spacial score (nSPS) is 15.6. The Bertz CT molecular complexity index is 643. The second-order valence-electron chi connectivity index (χ2n) is 5.40. The van der Waals surface area contributed by atoms with E-state index in [0.29, 0.717) is 6.54 Å². The lowest BCUT2D eigenvalue weighted by molar-refractivity contribution is -0.120. The van der Waals surface area contributed by atoms with Gasteiger partial charge >= 0.3 is 0 Å². The first-order valence-electron chi connectivity index (χ1n) is 7.63. The zero-order chi connectivity index (χ0) is 16.1. The summed E-state index contributed by atoms with van der Waals surface area (Å²) in [5, 5.41) is 10.5. The monoisotopic (exact) mass is 349 g/mol. The van der Waals surface area contributed by atoms with Crippen LogP contribution < -0.4 is 10.2 Å². The predicted molar refractivity (Wildman–Crippen MR) is 92.8 cm³/mol. The summed E-state index contributed by atoms with van der Waals surface area (Å²) in [5.41, 5.74) is 2.74. The standard InChI is InChI=1S/C15H19N5OS2/c1-11(23-15-19-18-10-22-15)14(21)17-9-12-4-5-16-13(8-12)20-6-2-3-7-20/h4-5,8,10-11H,2-3,6-7,9H2,1H3,(H,17,21)/t11-/m1/s1. The van der Waals surface area contributed by atoms with E-state index in [0.717, 1.165) is 28.8 Å². The third kappa shape index (κ3) is 4.42. The highest BCUT2D eigenvalue weighted by atomic mass is 32.2. The maximum absolute atomic E-state index is 12.2. The topological polar surface area (TPSA) is 71.0 Å². The van der Waals surface area contributed by atoms with Gasteiger partial charge < -0.3 is 10.2 Å². The summed E-state index contributed by atoms with van der Waals surface area (Å²) in [4.78, 5) is 18.9. The van der Waals surface area contributed by atoms with Crippen LogP contribution in [0.2, 0.25) is 0 Å². The molecule has 1 atom stereocenters. The number of rotatable bonds is 6. The molecule has 0 saturated carbocycles. The molecule has 8 heteroatoms. The van der Waals surface area contributed by atoms with E-state index in [1.54, 1.807) is 5.51 Å². The number of pyridine rings is 1. The first-order valence-corrected chi connectivity index (χ1v) is 9.39. The molecule has 1 amide bonds. The van der Waals surface area contributed by atoms with Crippen LogP contribution in [0.5, 0.6) is 0 Å². The van der Waals surface area contributed by atoms with Gasteiger partial charge in [-0.2, -0.15) is 0 Å². The second kappa shape index (κ2) is 7.74. The van der Waals surface area contributed by atoms with Gasteiger partial charge in [0, 0.05) is 25.8 Å². The molecule has 1 aliphatic heterocycles. The van der Waals surface area contributed by atoms with E-state index in [2.05, 4.69) is 31.5 Å². The molecule has 1 aliphatic rings. The molecular formula is C15H19N5OS2. The van der Waals surface area contributed by atoms with E-state index >= 15 is 0 Å². The minimum atomic E-state index is -0.192. The van der Waals surface area contributed by atoms with Crippen molar-refractivity contribution >= 4 is 34.8 Å². The molecule has 2 aromatic rings. The van der Waals surface area contributed by atoms with Crippen molar-refractivity contribution in [3.05, 3.63) is 29.4 Å². The second-order valence-corrected chi connectivity index (χ2v) is 7.82. The van der Waals surface area contributed by atoms with Gasteiger partial charge in [-0.05, 0) is 37.5 Å². The van der Waals surface area contributed by atoms with Crippen LogP contribution in [0.25, 0.3) is 0 Å². The Labute approximate surface area is 143 Å². The Morgan fingerprint density at radius 2 is 2.30 bits per heavy atom. The fraction of sp³-hybridized carbons (Fsp3) is 0.467. The zero-order valence-corrected chi connectivity index (χ0v) is 14.6. The van der Waals surface area contributed by atoms with Crippen LogP contribution >= 0.6 is 23.1 Å². The third-order valence-corrected chi connectivity index (χ3v) is 5.60. The Balaban J connectivity index is 1.53. The molecule has 0 radical (unpaired) electrons. The Morgan fingerprint density at radius 1 is 1.48 bits per heavy atom. The molecule has 0 bridgehead atoms. The van der Waals surface area contributed by atoms with Gasteiger partial charge in [0.2, 0.25) is 5.91 Å². The number of carbonyl (C=O) groups is 1. The lowest BCUT2D eigenvalue weighted by Gasteiger charge is -2.17. The first-order chi connectivity index (χ1) is 11.2. The first kappa shape index (κ1) is 16.2. The van der Waals surface area contributed by atoms with E-state index in [1.807, 2.05) is 19.2 Å². The van der Waals surface area contributed by atoms with Crippen molar-refractivity contribution in [2.24, 2.45) is 0 Å². The number of nitrogens with zero attached hydrogens (tertiary/aromatic N) is 4. The molecule has 1 N–H and O–H groups in total.